The normalized spacial score (nSPS) is 15.9. The van der Waals surface area contributed by atoms with Gasteiger partial charge in [0.2, 0.25) is 20.0 Å². The van der Waals surface area contributed by atoms with Crippen LogP contribution in [0.15, 0.2) is 52.3 Å². The molecule has 0 N–H and O–H groups in total. The van der Waals surface area contributed by atoms with Gasteiger partial charge in [-0.3, -0.25) is 0 Å². The van der Waals surface area contributed by atoms with Crippen molar-refractivity contribution >= 4 is 20.0 Å². The summed E-state index contributed by atoms with van der Waals surface area (Å²) in [5, 5.41) is 0. The summed E-state index contributed by atoms with van der Waals surface area (Å²) < 4.78 is 78.1. The molecular formula is C20H25FN2O6S2. The molecule has 31 heavy (non-hydrogen) atoms. The van der Waals surface area contributed by atoms with E-state index in [0.29, 0.717) is 18.8 Å². The SMILES string of the molecule is CCN(Cc1ccc(OC)c(F)c1)S(=O)(=O)c1ccc(S(=O)(=O)N2CCOCC2)cc1. The fourth-order valence-corrected chi connectivity index (χ4v) is 6.09. The quantitative estimate of drug-likeness (QED) is 0.584. The molecule has 0 amide bonds. The fourth-order valence-electron chi connectivity index (χ4n) is 3.25. The molecule has 0 spiro atoms. The van der Waals surface area contributed by atoms with E-state index >= 15 is 0 Å². The van der Waals surface area contributed by atoms with Crippen LogP contribution in [-0.4, -0.2) is 65.4 Å². The number of hydrogen-bond donors (Lipinski definition) is 0. The highest BCUT2D eigenvalue weighted by Gasteiger charge is 2.28. The molecule has 1 aliphatic heterocycles. The summed E-state index contributed by atoms with van der Waals surface area (Å²) in [4.78, 5) is -0.0158. The van der Waals surface area contributed by atoms with E-state index in [-0.39, 0.29) is 41.7 Å². The lowest BCUT2D eigenvalue weighted by molar-refractivity contribution is 0.0730. The Morgan fingerprint density at radius 2 is 1.65 bits per heavy atom. The van der Waals surface area contributed by atoms with Gasteiger partial charge in [0.15, 0.2) is 11.6 Å². The lowest BCUT2D eigenvalue weighted by atomic mass is 10.2. The summed E-state index contributed by atoms with van der Waals surface area (Å²) in [5.41, 5.74) is 0.468. The van der Waals surface area contributed by atoms with E-state index in [1.165, 1.54) is 52.1 Å². The maximum atomic E-state index is 14.0. The molecule has 1 aliphatic rings. The van der Waals surface area contributed by atoms with E-state index in [2.05, 4.69) is 0 Å². The first-order valence-electron chi connectivity index (χ1n) is 9.70. The van der Waals surface area contributed by atoms with Gasteiger partial charge < -0.3 is 9.47 Å². The molecule has 0 saturated carbocycles. The standard InChI is InChI=1S/C20H25FN2O6S2/c1-3-22(15-16-4-9-20(28-2)19(21)14-16)30(24,25)17-5-7-18(8-6-17)31(26,27)23-10-12-29-13-11-23/h4-9,14H,3,10-13,15H2,1-2H3. The highest BCUT2D eigenvalue weighted by atomic mass is 32.2. The van der Waals surface area contributed by atoms with Crippen LogP contribution in [0.1, 0.15) is 12.5 Å². The Kier molecular flexibility index (Phi) is 7.32. The molecule has 0 aliphatic carbocycles. The maximum Gasteiger partial charge on any atom is 0.243 e. The van der Waals surface area contributed by atoms with Crippen LogP contribution >= 0.6 is 0 Å². The summed E-state index contributed by atoms with van der Waals surface area (Å²) in [6, 6.07) is 9.40. The molecule has 0 atom stereocenters. The molecule has 0 bridgehead atoms. The number of rotatable bonds is 8. The average molecular weight is 473 g/mol. The number of sulfonamides is 2. The monoisotopic (exact) mass is 472 g/mol. The van der Waals surface area contributed by atoms with Gasteiger partial charge in [-0.05, 0) is 42.0 Å². The Bertz CT molecular complexity index is 1110. The van der Waals surface area contributed by atoms with E-state index in [1.54, 1.807) is 13.0 Å². The molecule has 8 nitrogen and oxygen atoms in total. The summed E-state index contributed by atoms with van der Waals surface area (Å²) in [6.07, 6.45) is 0. The highest BCUT2D eigenvalue weighted by molar-refractivity contribution is 7.89. The van der Waals surface area contributed by atoms with Gasteiger partial charge in [0, 0.05) is 26.2 Å². The summed E-state index contributed by atoms with van der Waals surface area (Å²) in [6.45, 7) is 2.95. The van der Waals surface area contributed by atoms with Crippen molar-refractivity contribution in [1.29, 1.82) is 0 Å². The smallest absolute Gasteiger partial charge is 0.243 e. The number of morpholine rings is 1. The van der Waals surface area contributed by atoms with Crippen molar-refractivity contribution < 1.29 is 30.7 Å². The van der Waals surface area contributed by atoms with Crippen LogP contribution in [0.3, 0.4) is 0 Å². The van der Waals surface area contributed by atoms with Crippen molar-refractivity contribution in [3.8, 4) is 5.75 Å². The van der Waals surface area contributed by atoms with Crippen molar-refractivity contribution in [2.45, 2.75) is 23.3 Å². The van der Waals surface area contributed by atoms with Crippen LogP contribution < -0.4 is 4.74 Å². The Balaban J connectivity index is 1.82. The minimum atomic E-state index is -3.91. The van der Waals surface area contributed by atoms with Gasteiger partial charge in [-0.1, -0.05) is 13.0 Å². The van der Waals surface area contributed by atoms with Crippen molar-refractivity contribution in [3.63, 3.8) is 0 Å². The molecule has 3 rings (SSSR count). The topological polar surface area (TPSA) is 93.2 Å². The first-order chi connectivity index (χ1) is 14.7. The van der Waals surface area contributed by atoms with Crippen molar-refractivity contribution in [2.24, 2.45) is 0 Å². The number of ether oxygens (including phenoxy) is 2. The second-order valence-electron chi connectivity index (χ2n) is 6.89. The molecule has 2 aromatic carbocycles. The molecule has 1 heterocycles. The van der Waals surface area contributed by atoms with E-state index < -0.39 is 25.9 Å². The minimum absolute atomic E-state index is 0.0219. The number of halogens is 1. The van der Waals surface area contributed by atoms with Gasteiger partial charge in [-0.25, -0.2) is 21.2 Å². The van der Waals surface area contributed by atoms with Gasteiger partial charge in [-0.15, -0.1) is 0 Å². The van der Waals surface area contributed by atoms with Crippen LogP contribution in [0.5, 0.6) is 5.75 Å². The van der Waals surface area contributed by atoms with E-state index in [1.807, 2.05) is 0 Å². The predicted molar refractivity (Wildman–Crippen MR) is 112 cm³/mol. The summed E-state index contributed by atoms with van der Waals surface area (Å²) in [7, 11) is -6.28. The average Bonchev–Trinajstić information content (AvgIpc) is 2.78. The second-order valence-corrected chi connectivity index (χ2v) is 10.8. The van der Waals surface area contributed by atoms with E-state index in [0.717, 1.165) is 0 Å². The third-order valence-electron chi connectivity index (χ3n) is 5.00. The first-order valence-corrected chi connectivity index (χ1v) is 12.6. The zero-order chi connectivity index (χ0) is 22.6. The minimum Gasteiger partial charge on any atom is -0.494 e. The molecule has 0 aromatic heterocycles. The van der Waals surface area contributed by atoms with Gasteiger partial charge in [0.05, 0.1) is 30.1 Å². The zero-order valence-corrected chi connectivity index (χ0v) is 19.0. The summed E-state index contributed by atoms with van der Waals surface area (Å²) in [5.74, 6) is -0.502. The number of nitrogens with zero attached hydrogens (tertiary/aromatic N) is 2. The molecule has 0 radical (unpaired) electrons. The first kappa shape index (κ1) is 23.6. The highest BCUT2D eigenvalue weighted by Crippen LogP contribution is 2.24. The Hall–Kier alpha value is -2.05. The van der Waals surface area contributed by atoms with Crippen LogP contribution in [0, 0.1) is 5.82 Å². The molecular weight excluding hydrogens is 447 g/mol. The van der Waals surface area contributed by atoms with Gasteiger partial charge >= 0.3 is 0 Å². The summed E-state index contributed by atoms with van der Waals surface area (Å²) >= 11 is 0. The van der Waals surface area contributed by atoms with E-state index in [9.17, 15) is 21.2 Å². The maximum absolute atomic E-state index is 14.0. The molecule has 1 fully saturated rings. The molecule has 170 valence electrons. The molecule has 2 aromatic rings. The van der Waals surface area contributed by atoms with Crippen LogP contribution in [0.2, 0.25) is 0 Å². The Morgan fingerprint density at radius 3 is 2.19 bits per heavy atom. The lowest BCUT2D eigenvalue weighted by Gasteiger charge is -2.26. The van der Waals surface area contributed by atoms with Gasteiger partial charge in [0.1, 0.15) is 0 Å². The number of benzene rings is 2. The van der Waals surface area contributed by atoms with E-state index in [4.69, 9.17) is 9.47 Å². The van der Waals surface area contributed by atoms with Gasteiger partial charge in [0.25, 0.3) is 0 Å². The molecule has 0 unspecified atom stereocenters. The van der Waals surface area contributed by atoms with Crippen LogP contribution in [0.4, 0.5) is 4.39 Å². The molecule has 11 heteroatoms. The zero-order valence-electron chi connectivity index (χ0n) is 17.3. The van der Waals surface area contributed by atoms with Crippen molar-refractivity contribution in [1.82, 2.24) is 8.61 Å². The largest absolute Gasteiger partial charge is 0.494 e. The van der Waals surface area contributed by atoms with Crippen molar-refractivity contribution in [3.05, 3.63) is 53.8 Å². The fraction of sp³-hybridized carbons (Fsp3) is 0.400. The number of methoxy groups -OCH3 is 1. The lowest BCUT2D eigenvalue weighted by Crippen LogP contribution is -2.40. The third-order valence-corrected chi connectivity index (χ3v) is 8.85. The Labute approximate surface area is 182 Å². The van der Waals surface area contributed by atoms with Crippen molar-refractivity contribution in [2.75, 3.05) is 40.0 Å². The number of hydrogen-bond acceptors (Lipinski definition) is 6. The van der Waals surface area contributed by atoms with Gasteiger partial charge in [-0.2, -0.15) is 8.61 Å². The predicted octanol–water partition coefficient (Wildman–Crippen LogP) is 2.07. The Morgan fingerprint density at radius 1 is 1.03 bits per heavy atom. The van der Waals surface area contributed by atoms with Crippen LogP contribution in [-0.2, 0) is 31.3 Å². The third kappa shape index (κ3) is 5.07. The molecule has 1 saturated heterocycles. The second kappa shape index (κ2) is 9.61. The van der Waals surface area contributed by atoms with Crippen LogP contribution in [0.25, 0.3) is 0 Å².